The number of nitrogens with one attached hydrogen (secondary N) is 1. The minimum absolute atomic E-state index is 0.0440. The molecule has 0 atom stereocenters. The van der Waals surface area contributed by atoms with Gasteiger partial charge < -0.3 is 5.32 Å². The van der Waals surface area contributed by atoms with Crippen LogP contribution in [0.25, 0.3) is 0 Å². The number of rotatable bonds is 8. The first kappa shape index (κ1) is 19.1. The Morgan fingerprint density at radius 2 is 1.79 bits per heavy atom. The van der Waals surface area contributed by atoms with E-state index in [0.717, 1.165) is 11.3 Å². The summed E-state index contributed by atoms with van der Waals surface area (Å²) >= 11 is 13.7. The molecule has 0 aliphatic carbocycles. The Balaban J connectivity index is 1.64. The zero-order chi connectivity index (χ0) is 17.4. The van der Waals surface area contributed by atoms with Crippen LogP contribution >= 0.6 is 35.0 Å². The zero-order valence-electron chi connectivity index (χ0n) is 13.0. The van der Waals surface area contributed by atoms with E-state index in [4.69, 9.17) is 23.2 Å². The standard InChI is InChI=1S/C18H18Cl2FNOS/c19-15-5-3-6-16(20)14(15)8-9-18(23)22-10-11-24-12-13-4-1-2-7-17(13)21/h1-7H,8-12H2,(H,22,23). The third-order valence-electron chi connectivity index (χ3n) is 3.45. The van der Waals surface area contributed by atoms with Gasteiger partial charge in [-0.15, -0.1) is 0 Å². The van der Waals surface area contributed by atoms with Crippen molar-refractivity contribution in [3.05, 3.63) is 69.5 Å². The van der Waals surface area contributed by atoms with E-state index in [2.05, 4.69) is 5.32 Å². The maximum atomic E-state index is 13.4. The number of halogens is 3. The lowest BCUT2D eigenvalue weighted by Crippen LogP contribution is -2.26. The van der Waals surface area contributed by atoms with Gasteiger partial charge in [-0.2, -0.15) is 11.8 Å². The van der Waals surface area contributed by atoms with Crippen molar-refractivity contribution in [1.82, 2.24) is 5.32 Å². The fourth-order valence-corrected chi connectivity index (χ4v) is 3.59. The van der Waals surface area contributed by atoms with Crippen LogP contribution in [-0.4, -0.2) is 18.2 Å². The van der Waals surface area contributed by atoms with Gasteiger partial charge in [-0.3, -0.25) is 4.79 Å². The number of amides is 1. The quantitative estimate of drug-likeness (QED) is 0.639. The van der Waals surface area contributed by atoms with Gasteiger partial charge in [0.05, 0.1) is 0 Å². The van der Waals surface area contributed by atoms with E-state index in [0.29, 0.717) is 40.7 Å². The monoisotopic (exact) mass is 385 g/mol. The van der Waals surface area contributed by atoms with Crippen molar-refractivity contribution in [3.63, 3.8) is 0 Å². The summed E-state index contributed by atoms with van der Waals surface area (Å²) < 4.78 is 13.4. The number of thioether (sulfide) groups is 1. The Labute approximate surface area is 155 Å². The van der Waals surface area contributed by atoms with Crippen molar-refractivity contribution in [1.29, 1.82) is 0 Å². The molecular formula is C18H18Cl2FNOS. The molecule has 0 unspecified atom stereocenters. The summed E-state index contributed by atoms with van der Waals surface area (Å²) in [6, 6.07) is 12.0. The average Bonchev–Trinajstić information content (AvgIpc) is 2.55. The highest BCUT2D eigenvalue weighted by molar-refractivity contribution is 7.98. The van der Waals surface area contributed by atoms with Crippen LogP contribution in [0.3, 0.4) is 0 Å². The smallest absolute Gasteiger partial charge is 0.220 e. The Bertz CT molecular complexity index is 676. The van der Waals surface area contributed by atoms with Crippen molar-refractivity contribution in [2.24, 2.45) is 0 Å². The molecule has 0 aliphatic rings. The third-order valence-corrected chi connectivity index (χ3v) is 5.16. The Hall–Kier alpha value is -1.23. The van der Waals surface area contributed by atoms with Gasteiger partial charge >= 0.3 is 0 Å². The van der Waals surface area contributed by atoms with Crippen LogP contribution in [0.5, 0.6) is 0 Å². The second-order valence-electron chi connectivity index (χ2n) is 5.19. The first-order valence-corrected chi connectivity index (χ1v) is 9.49. The van der Waals surface area contributed by atoms with Crippen molar-refractivity contribution in [2.75, 3.05) is 12.3 Å². The number of hydrogen-bond acceptors (Lipinski definition) is 2. The van der Waals surface area contributed by atoms with Crippen LogP contribution in [0, 0.1) is 5.82 Å². The predicted molar refractivity (Wildman–Crippen MR) is 100 cm³/mol. The molecule has 2 nitrogen and oxygen atoms in total. The average molecular weight is 386 g/mol. The SMILES string of the molecule is O=C(CCc1c(Cl)cccc1Cl)NCCSCc1ccccc1F. The largest absolute Gasteiger partial charge is 0.355 e. The summed E-state index contributed by atoms with van der Waals surface area (Å²) in [7, 11) is 0. The van der Waals surface area contributed by atoms with E-state index < -0.39 is 0 Å². The van der Waals surface area contributed by atoms with Crippen LogP contribution < -0.4 is 5.32 Å². The van der Waals surface area contributed by atoms with Crippen LogP contribution in [-0.2, 0) is 17.0 Å². The molecule has 0 spiro atoms. The second kappa shape index (κ2) is 9.92. The maximum Gasteiger partial charge on any atom is 0.220 e. The Morgan fingerprint density at radius 3 is 2.50 bits per heavy atom. The molecule has 1 amide bonds. The number of carbonyl (C=O) groups excluding carboxylic acids is 1. The number of hydrogen-bond donors (Lipinski definition) is 1. The lowest BCUT2D eigenvalue weighted by atomic mass is 10.1. The molecule has 0 bridgehead atoms. The summed E-state index contributed by atoms with van der Waals surface area (Å²) in [6.45, 7) is 0.550. The van der Waals surface area contributed by atoms with E-state index in [9.17, 15) is 9.18 Å². The van der Waals surface area contributed by atoms with Crippen LogP contribution in [0.15, 0.2) is 42.5 Å². The Morgan fingerprint density at radius 1 is 1.08 bits per heavy atom. The third kappa shape index (κ3) is 6.00. The molecular weight excluding hydrogens is 368 g/mol. The molecule has 2 rings (SSSR count). The highest BCUT2D eigenvalue weighted by atomic mass is 35.5. The molecule has 0 radical (unpaired) electrons. The van der Waals surface area contributed by atoms with Gasteiger partial charge in [-0.1, -0.05) is 47.5 Å². The molecule has 128 valence electrons. The van der Waals surface area contributed by atoms with Crippen LogP contribution in [0.4, 0.5) is 4.39 Å². The normalized spacial score (nSPS) is 10.6. The highest BCUT2D eigenvalue weighted by Crippen LogP contribution is 2.25. The molecule has 1 N–H and O–H groups in total. The second-order valence-corrected chi connectivity index (χ2v) is 7.11. The van der Waals surface area contributed by atoms with Gasteiger partial charge in [0.1, 0.15) is 5.82 Å². The van der Waals surface area contributed by atoms with Crippen molar-refractivity contribution in [2.45, 2.75) is 18.6 Å². The molecule has 0 fully saturated rings. The van der Waals surface area contributed by atoms with Gasteiger partial charge in [0.2, 0.25) is 5.91 Å². The minimum atomic E-state index is -0.189. The lowest BCUT2D eigenvalue weighted by molar-refractivity contribution is -0.120. The predicted octanol–water partition coefficient (Wildman–Crippen LogP) is 5.11. The number of carbonyl (C=O) groups is 1. The molecule has 0 heterocycles. The first-order valence-electron chi connectivity index (χ1n) is 7.58. The van der Waals surface area contributed by atoms with Gasteiger partial charge in [-0.05, 0) is 35.7 Å². The van der Waals surface area contributed by atoms with E-state index in [1.54, 1.807) is 42.1 Å². The van der Waals surface area contributed by atoms with Crippen LogP contribution in [0.1, 0.15) is 17.5 Å². The molecule has 0 saturated heterocycles. The van der Waals surface area contributed by atoms with Crippen molar-refractivity contribution in [3.8, 4) is 0 Å². The van der Waals surface area contributed by atoms with Crippen molar-refractivity contribution >= 4 is 40.9 Å². The lowest BCUT2D eigenvalue weighted by Gasteiger charge is -2.08. The molecule has 6 heteroatoms. The van der Waals surface area contributed by atoms with E-state index in [-0.39, 0.29) is 11.7 Å². The molecule has 0 aromatic heterocycles. The molecule has 2 aromatic rings. The van der Waals surface area contributed by atoms with Crippen LogP contribution in [0.2, 0.25) is 10.0 Å². The highest BCUT2D eigenvalue weighted by Gasteiger charge is 2.08. The zero-order valence-corrected chi connectivity index (χ0v) is 15.4. The van der Waals surface area contributed by atoms with Gasteiger partial charge in [0.25, 0.3) is 0 Å². The molecule has 2 aromatic carbocycles. The molecule has 0 saturated carbocycles. The number of benzene rings is 2. The van der Waals surface area contributed by atoms with Gasteiger partial charge in [0, 0.05) is 34.5 Å². The summed E-state index contributed by atoms with van der Waals surface area (Å²) in [4.78, 5) is 11.9. The van der Waals surface area contributed by atoms with E-state index >= 15 is 0 Å². The summed E-state index contributed by atoms with van der Waals surface area (Å²) in [5.41, 5.74) is 1.48. The van der Waals surface area contributed by atoms with E-state index in [1.807, 2.05) is 6.07 Å². The van der Waals surface area contributed by atoms with Crippen molar-refractivity contribution < 1.29 is 9.18 Å². The first-order chi connectivity index (χ1) is 11.6. The topological polar surface area (TPSA) is 29.1 Å². The maximum absolute atomic E-state index is 13.4. The fourth-order valence-electron chi connectivity index (χ4n) is 2.16. The molecule has 24 heavy (non-hydrogen) atoms. The minimum Gasteiger partial charge on any atom is -0.355 e. The van der Waals surface area contributed by atoms with E-state index in [1.165, 1.54) is 6.07 Å². The van der Waals surface area contributed by atoms with Gasteiger partial charge in [0.15, 0.2) is 0 Å². The van der Waals surface area contributed by atoms with Gasteiger partial charge in [-0.25, -0.2) is 4.39 Å². The summed E-state index contributed by atoms with van der Waals surface area (Å²) in [6.07, 6.45) is 0.841. The Kier molecular flexibility index (Phi) is 7.89. The molecule has 0 aliphatic heterocycles. The summed E-state index contributed by atoms with van der Waals surface area (Å²) in [5, 5.41) is 4.01. The fraction of sp³-hybridized carbons (Fsp3) is 0.278. The summed E-state index contributed by atoms with van der Waals surface area (Å²) in [5.74, 6) is 1.09.